The van der Waals surface area contributed by atoms with Gasteiger partial charge in [0.2, 0.25) is 0 Å². The quantitative estimate of drug-likeness (QED) is 0.606. The smallest absolute Gasteiger partial charge is 0.128 e. The van der Waals surface area contributed by atoms with Gasteiger partial charge in [-0.25, -0.2) is 0 Å². The average Bonchev–Trinajstić information content (AvgIpc) is 2.08. The van der Waals surface area contributed by atoms with Gasteiger partial charge in [0.15, 0.2) is 0 Å². The second-order valence-electron chi connectivity index (χ2n) is 3.59. The molecular formula is C7H10BClSSi. The molecule has 0 N–H and O–H groups in total. The van der Waals surface area contributed by atoms with Crippen LogP contribution in [0.3, 0.4) is 0 Å². The first-order chi connectivity index (χ1) is 4.91. The third kappa shape index (κ3) is 2.11. The zero-order valence-electron chi connectivity index (χ0n) is 6.94. The van der Waals surface area contributed by atoms with Crippen LogP contribution in [0.5, 0.6) is 0 Å². The van der Waals surface area contributed by atoms with Crippen LogP contribution in [-0.2, 0) is 0 Å². The predicted molar refractivity (Wildman–Crippen MR) is 57.7 cm³/mol. The highest BCUT2D eigenvalue weighted by Crippen LogP contribution is 2.16. The zero-order chi connectivity index (χ0) is 8.65. The summed E-state index contributed by atoms with van der Waals surface area (Å²) in [6.07, 6.45) is 0. The lowest BCUT2D eigenvalue weighted by molar-refractivity contribution is 1.76. The molecule has 0 saturated carbocycles. The van der Waals surface area contributed by atoms with Crippen LogP contribution in [0.25, 0.3) is 0 Å². The third-order valence-corrected chi connectivity index (χ3v) is 5.05. The zero-order valence-corrected chi connectivity index (χ0v) is 9.51. The van der Waals surface area contributed by atoms with Crippen LogP contribution >= 0.6 is 22.9 Å². The number of thiophene rings is 1. The fraction of sp³-hybridized carbons (Fsp3) is 0.429. The van der Waals surface area contributed by atoms with Crippen LogP contribution in [0.2, 0.25) is 24.0 Å². The molecule has 0 bridgehead atoms. The lowest BCUT2D eigenvalue weighted by Crippen LogP contribution is -2.37. The Labute approximate surface area is 79.0 Å². The Morgan fingerprint density at radius 1 is 1.45 bits per heavy atom. The van der Waals surface area contributed by atoms with Crippen LogP contribution in [-0.4, -0.2) is 15.9 Å². The molecule has 1 aromatic heterocycles. The van der Waals surface area contributed by atoms with Crippen molar-refractivity contribution in [2.45, 2.75) is 19.6 Å². The molecule has 0 aliphatic heterocycles. The Bertz CT molecular complexity index is 264. The maximum absolute atomic E-state index is 6.00. The predicted octanol–water partition coefficient (Wildman–Crippen LogP) is 1.74. The first-order valence-corrected chi connectivity index (χ1v) is 8.16. The van der Waals surface area contributed by atoms with Gasteiger partial charge in [-0.05, 0) is 9.96 Å². The van der Waals surface area contributed by atoms with E-state index in [9.17, 15) is 0 Å². The molecule has 1 heterocycles. The summed E-state index contributed by atoms with van der Waals surface area (Å²) in [6.45, 7) is 6.79. The average molecular weight is 201 g/mol. The van der Waals surface area contributed by atoms with E-state index in [-0.39, 0.29) is 0 Å². The minimum atomic E-state index is -1.26. The Hall–Kier alpha value is 0.272. The summed E-state index contributed by atoms with van der Waals surface area (Å²) in [6, 6.07) is 2.01. The number of rotatable bonds is 1. The highest BCUT2D eigenvalue weighted by Gasteiger charge is 2.20. The fourth-order valence-electron chi connectivity index (χ4n) is 0.898. The van der Waals surface area contributed by atoms with Crippen LogP contribution in [0.4, 0.5) is 0 Å². The van der Waals surface area contributed by atoms with Gasteiger partial charge in [0.25, 0.3) is 0 Å². The Balaban J connectivity index is 3.13. The van der Waals surface area contributed by atoms with E-state index in [1.54, 1.807) is 0 Å². The molecule has 0 saturated heterocycles. The van der Waals surface area contributed by atoms with Crippen LogP contribution in [0.1, 0.15) is 0 Å². The van der Waals surface area contributed by atoms with Gasteiger partial charge in [0.1, 0.15) is 7.85 Å². The van der Waals surface area contributed by atoms with E-state index in [2.05, 4.69) is 19.6 Å². The molecule has 58 valence electrons. The van der Waals surface area contributed by atoms with Crippen molar-refractivity contribution in [1.29, 1.82) is 0 Å². The standard InChI is InChI=1S/C7H10BClSSi/c1-11(2,3)5-4-6(8)10-7(5)9/h4H,1-3H3. The van der Waals surface area contributed by atoms with Crippen molar-refractivity contribution < 1.29 is 0 Å². The van der Waals surface area contributed by atoms with Crippen molar-refractivity contribution in [3.05, 3.63) is 10.4 Å². The van der Waals surface area contributed by atoms with Crippen LogP contribution in [0, 0.1) is 0 Å². The molecule has 11 heavy (non-hydrogen) atoms. The van der Waals surface area contributed by atoms with Gasteiger partial charge in [0.05, 0.1) is 12.4 Å². The van der Waals surface area contributed by atoms with Gasteiger partial charge in [0, 0.05) is 0 Å². The topological polar surface area (TPSA) is 0 Å². The molecule has 0 spiro atoms. The molecule has 0 fully saturated rings. The lowest BCUT2D eigenvalue weighted by Gasteiger charge is -2.14. The van der Waals surface area contributed by atoms with Crippen LogP contribution in [0.15, 0.2) is 6.07 Å². The summed E-state index contributed by atoms with van der Waals surface area (Å²) in [4.78, 5) is 0. The molecule has 1 aromatic rings. The second kappa shape index (κ2) is 2.96. The first-order valence-electron chi connectivity index (χ1n) is 3.46. The molecule has 2 radical (unpaired) electrons. The Morgan fingerprint density at radius 2 is 2.00 bits per heavy atom. The van der Waals surface area contributed by atoms with E-state index in [1.165, 1.54) is 16.5 Å². The SMILES string of the molecule is [B]c1cc([Si](C)(C)C)c(Cl)s1. The minimum Gasteiger partial charge on any atom is -0.140 e. The van der Waals surface area contributed by atoms with E-state index in [4.69, 9.17) is 19.4 Å². The molecule has 0 aromatic carbocycles. The van der Waals surface area contributed by atoms with Gasteiger partial charge in [-0.1, -0.05) is 37.3 Å². The van der Waals surface area contributed by atoms with Crippen molar-refractivity contribution in [2.24, 2.45) is 0 Å². The molecule has 0 nitrogen and oxygen atoms in total. The van der Waals surface area contributed by atoms with E-state index in [0.29, 0.717) is 0 Å². The number of hydrogen-bond donors (Lipinski definition) is 0. The summed E-state index contributed by atoms with van der Waals surface area (Å²) in [7, 11) is 4.37. The molecular weight excluding hydrogens is 190 g/mol. The molecule has 0 aliphatic rings. The van der Waals surface area contributed by atoms with Crippen molar-refractivity contribution >= 4 is 48.8 Å². The lowest BCUT2D eigenvalue weighted by atomic mass is 10.1. The second-order valence-corrected chi connectivity index (χ2v) is 10.3. The van der Waals surface area contributed by atoms with E-state index >= 15 is 0 Å². The molecule has 0 aliphatic carbocycles. The van der Waals surface area contributed by atoms with E-state index < -0.39 is 8.07 Å². The van der Waals surface area contributed by atoms with Gasteiger partial charge in [-0.2, -0.15) is 0 Å². The summed E-state index contributed by atoms with van der Waals surface area (Å²) < 4.78 is 1.70. The monoisotopic (exact) mass is 200 g/mol. The minimum absolute atomic E-state index is 0.826. The van der Waals surface area contributed by atoms with E-state index in [1.807, 2.05) is 6.07 Å². The van der Waals surface area contributed by atoms with Crippen molar-refractivity contribution in [1.82, 2.24) is 0 Å². The molecule has 4 heteroatoms. The summed E-state index contributed by atoms with van der Waals surface area (Å²) >= 11 is 7.48. The summed E-state index contributed by atoms with van der Waals surface area (Å²) in [5.41, 5.74) is 0. The fourth-order valence-corrected chi connectivity index (χ4v) is 4.98. The Kier molecular flexibility index (Phi) is 2.52. The maximum Gasteiger partial charge on any atom is 0.128 e. The normalized spacial score (nSPS) is 12.0. The van der Waals surface area contributed by atoms with E-state index in [0.717, 1.165) is 9.11 Å². The highest BCUT2D eigenvalue weighted by molar-refractivity contribution is 7.25. The van der Waals surface area contributed by atoms with Crippen molar-refractivity contribution in [3.8, 4) is 0 Å². The van der Waals surface area contributed by atoms with Gasteiger partial charge >= 0.3 is 0 Å². The Morgan fingerprint density at radius 3 is 2.18 bits per heavy atom. The third-order valence-electron chi connectivity index (χ3n) is 1.51. The molecule has 0 atom stereocenters. The van der Waals surface area contributed by atoms with Crippen LogP contribution < -0.4 is 9.96 Å². The largest absolute Gasteiger partial charge is 0.140 e. The van der Waals surface area contributed by atoms with Crippen molar-refractivity contribution in [2.75, 3.05) is 0 Å². The van der Waals surface area contributed by atoms with Gasteiger partial charge < -0.3 is 0 Å². The molecule has 0 unspecified atom stereocenters. The number of hydrogen-bond acceptors (Lipinski definition) is 1. The van der Waals surface area contributed by atoms with Gasteiger partial charge in [-0.15, -0.1) is 11.3 Å². The first kappa shape index (κ1) is 9.36. The maximum atomic E-state index is 6.00. The highest BCUT2D eigenvalue weighted by atomic mass is 35.5. The van der Waals surface area contributed by atoms with Gasteiger partial charge in [-0.3, -0.25) is 0 Å². The molecule has 0 amide bonds. The van der Waals surface area contributed by atoms with Crippen molar-refractivity contribution in [3.63, 3.8) is 0 Å². The number of halogens is 1. The summed E-state index contributed by atoms with van der Waals surface area (Å²) in [5.74, 6) is 0. The molecule has 1 rings (SSSR count). The summed E-state index contributed by atoms with van der Waals surface area (Å²) in [5, 5.41) is 1.28.